The Balaban J connectivity index is 2.06. The lowest BCUT2D eigenvalue weighted by Crippen LogP contribution is -2.23. The minimum absolute atomic E-state index is 0.0382. The number of esters is 1. The second kappa shape index (κ2) is 8.17. The maximum absolute atomic E-state index is 12.2. The van der Waals surface area contributed by atoms with Crippen molar-refractivity contribution in [1.82, 2.24) is 4.31 Å². The smallest absolute Gasteiger partial charge is 0.349 e. The molecule has 0 aliphatic heterocycles. The van der Waals surface area contributed by atoms with Gasteiger partial charge in [0.25, 0.3) is 5.91 Å². The topological polar surface area (TPSA) is 92.8 Å². The molecule has 1 N–H and O–H groups in total. The maximum Gasteiger partial charge on any atom is 0.349 e. The Morgan fingerprint density at radius 1 is 1.27 bits per heavy atom. The lowest BCUT2D eigenvalue weighted by molar-refractivity contribution is -0.119. The number of amides is 1. The minimum atomic E-state index is -3.76. The molecule has 0 fully saturated rings. The van der Waals surface area contributed by atoms with E-state index in [0.29, 0.717) is 4.88 Å². The van der Waals surface area contributed by atoms with E-state index >= 15 is 0 Å². The van der Waals surface area contributed by atoms with Crippen LogP contribution in [-0.4, -0.2) is 45.3 Å². The van der Waals surface area contributed by atoms with Gasteiger partial charge in [0.05, 0.1) is 5.02 Å². The fourth-order valence-corrected chi connectivity index (χ4v) is 4.16. The average molecular weight is 417 g/mol. The number of sulfonamides is 1. The second-order valence-electron chi connectivity index (χ2n) is 5.49. The predicted octanol–water partition coefficient (Wildman–Crippen LogP) is 2.76. The molecule has 1 heterocycles. The Kier molecular flexibility index (Phi) is 6.40. The van der Waals surface area contributed by atoms with Crippen molar-refractivity contribution in [2.45, 2.75) is 11.8 Å². The van der Waals surface area contributed by atoms with Crippen LogP contribution in [0.15, 0.2) is 34.5 Å². The van der Waals surface area contributed by atoms with Gasteiger partial charge in [0.15, 0.2) is 6.61 Å². The van der Waals surface area contributed by atoms with E-state index in [1.165, 1.54) is 43.6 Å². The van der Waals surface area contributed by atoms with E-state index in [0.717, 1.165) is 9.87 Å². The zero-order valence-corrected chi connectivity index (χ0v) is 16.7. The number of nitrogens with zero attached hydrogens (tertiary/aromatic N) is 1. The monoisotopic (exact) mass is 416 g/mol. The molecule has 26 heavy (non-hydrogen) atoms. The standard InChI is InChI=1S/C16H17ClN2O5S2/c1-10-6-7-25-15(10)16(21)24-9-14(20)18-11-4-5-12(17)13(8-11)26(22,23)19(2)3/h4-8H,9H2,1-3H3,(H,18,20). The third kappa shape index (κ3) is 4.61. The van der Waals surface area contributed by atoms with Gasteiger partial charge in [0.1, 0.15) is 9.77 Å². The van der Waals surface area contributed by atoms with E-state index < -0.39 is 28.5 Å². The van der Waals surface area contributed by atoms with Crippen LogP contribution >= 0.6 is 22.9 Å². The van der Waals surface area contributed by atoms with Crippen molar-refractivity contribution >= 4 is 50.5 Å². The van der Waals surface area contributed by atoms with Crippen molar-refractivity contribution in [2.75, 3.05) is 26.0 Å². The molecule has 140 valence electrons. The van der Waals surface area contributed by atoms with Crippen LogP contribution in [0, 0.1) is 6.92 Å². The summed E-state index contributed by atoms with van der Waals surface area (Å²) >= 11 is 7.18. The van der Waals surface area contributed by atoms with Gasteiger partial charge in [-0.25, -0.2) is 17.5 Å². The van der Waals surface area contributed by atoms with Crippen LogP contribution in [0.4, 0.5) is 5.69 Å². The first kappa shape index (κ1) is 20.4. The molecule has 0 aliphatic carbocycles. The SMILES string of the molecule is Cc1ccsc1C(=O)OCC(=O)Nc1ccc(Cl)c(S(=O)(=O)N(C)C)c1. The first-order valence-corrected chi connectivity index (χ1v) is 10.1. The van der Waals surface area contributed by atoms with Gasteiger partial charge in [-0.1, -0.05) is 11.6 Å². The Morgan fingerprint density at radius 2 is 1.96 bits per heavy atom. The van der Waals surface area contributed by atoms with Crippen LogP contribution in [0.1, 0.15) is 15.2 Å². The maximum atomic E-state index is 12.2. The minimum Gasteiger partial charge on any atom is -0.451 e. The predicted molar refractivity (Wildman–Crippen MR) is 100 cm³/mol. The third-order valence-electron chi connectivity index (χ3n) is 3.36. The zero-order chi connectivity index (χ0) is 19.5. The number of aryl methyl sites for hydroxylation is 1. The molecule has 0 aliphatic rings. The Hall–Kier alpha value is -1.94. The first-order chi connectivity index (χ1) is 12.1. The number of halogens is 1. The highest BCUT2D eigenvalue weighted by atomic mass is 35.5. The number of benzene rings is 1. The van der Waals surface area contributed by atoms with Crippen LogP contribution in [0.2, 0.25) is 5.02 Å². The number of nitrogens with one attached hydrogen (secondary N) is 1. The van der Waals surface area contributed by atoms with Crippen molar-refractivity contribution in [3.8, 4) is 0 Å². The van der Waals surface area contributed by atoms with Gasteiger partial charge >= 0.3 is 5.97 Å². The number of hydrogen-bond acceptors (Lipinski definition) is 6. The van der Waals surface area contributed by atoms with E-state index in [-0.39, 0.29) is 15.6 Å². The Bertz CT molecular complexity index is 938. The Morgan fingerprint density at radius 3 is 2.54 bits per heavy atom. The van der Waals surface area contributed by atoms with Crippen molar-refractivity contribution in [3.63, 3.8) is 0 Å². The van der Waals surface area contributed by atoms with Gasteiger partial charge in [-0.05, 0) is 42.1 Å². The van der Waals surface area contributed by atoms with Gasteiger partial charge in [0, 0.05) is 19.8 Å². The molecule has 0 bridgehead atoms. The van der Waals surface area contributed by atoms with Gasteiger partial charge < -0.3 is 10.1 Å². The molecule has 1 aromatic carbocycles. The molecule has 10 heteroatoms. The van der Waals surface area contributed by atoms with E-state index in [2.05, 4.69) is 5.32 Å². The number of carbonyl (C=O) groups excluding carboxylic acids is 2. The fourth-order valence-electron chi connectivity index (χ4n) is 1.95. The number of ether oxygens (including phenoxy) is 1. The number of hydrogen-bond donors (Lipinski definition) is 1. The third-order valence-corrected chi connectivity index (χ3v) is 6.65. The number of carbonyl (C=O) groups is 2. The van der Waals surface area contributed by atoms with Gasteiger partial charge in [-0.3, -0.25) is 4.79 Å². The molecule has 0 radical (unpaired) electrons. The first-order valence-electron chi connectivity index (χ1n) is 7.36. The summed E-state index contributed by atoms with van der Waals surface area (Å²) in [4.78, 5) is 24.2. The summed E-state index contributed by atoms with van der Waals surface area (Å²) in [6.45, 7) is 1.28. The lowest BCUT2D eigenvalue weighted by Gasteiger charge is -2.14. The summed E-state index contributed by atoms with van der Waals surface area (Å²) in [6.07, 6.45) is 0. The molecule has 2 rings (SSSR count). The molecule has 2 aromatic rings. The van der Waals surface area contributed by atoms with Crippen molar-refractivity contribution in [2.24, 2.45) is 0 Å². The molecular formula is C16H17ClN2O5S2. The molecule has 0 spiro atoms. The van der Waals surface area contributed by atoms with Crippen LogP contribution in [0.25, 0.3) is 0 Å². The van der Waals surface area contributed by atoms with Crippen LogP contribution in [-0.2, 0) is 19.6 Å². The average Bonchev–Trinajstić information content (AvgIpc) is 3.00. The normalized spacial score (nSPS) is 11.4. The molecule has 1 amide bonds. The van der Waals surface area contributed by atoms with E-state index in [9.17, 15) is 18.0 Å². The zero-order valence-electron chi connectivity index (χ0n) is 14.3. The van der Waals surface area contributed by atoms with Crippen LogP contribution in [0.5, 0.6) is 0 Å². The van der Waals surface area contributed by atoms with E-state index in [1.54, 1.807) is 18.4 Å². The number of thiophene rings is 1. The van der Waals surface area contributed by atoms with Gasteiger partial charge in [-0.15, -0.1) is 11.3 Å². The van der Waals surface area contributed by atoms with Gasteiger partial charge in [0.2, 0.25) is 10.0 Å². The Labute approximate surface area is 160 Å². The quantitative estimate of drug-likeness (QED) is 0.731. The van der Waals surface area contributed by atoms with E-state index in [4.69, 9.17) is 16.3 Å². The largest absolute Gasteiger partial charge is 0.451 e. The van der Waals surface area contributed by atoms with Crippen molar-refractivity contribution < 1.29 is 22.7 Å². The van der Waals surface area contributed by atoms with Crippen LogP contribution in [0.3, 0.4) is 0 Å². The second-order valence-corrected chi connectivity index (χ2v) is 8.93. The molecule has 1 aromatic heterocycles. The van der Waals surface area contributed by atoms with Crippen molar-refractivity contribution in [3.05, 3.63) is 45.1 Å². The number of anilines is 1. The summed E-state index contributed by atoms with van der Waals surface area (Å²) in [5, 5.41) is 4.28. The highest BCUT2D eigenvalue weighted by Crippen LogP contribution is 2.26. The highest BCUT2D eigenvalue weighted by molar-refractivity contribution is 7.89. The number of rotatable bonds is 6. The molecule has 0 saturated heterocycles. The molecule has 7 nitrogen and oxygen atoms in total. The molecule has 0 unspecified atom stereocenters. The summed E-state index contributed by atoms with van der Waals surface area (Å²) in [5.74, 6) is -1.18. The summed E-state index contributed by atoms with van der Waals surface area (Å²) < 4.78 is 30.4. The summed E-state index contributed by atoms with van der Waals surface area (Å²) in [7, 11) is -1.00. The summed E-state index contributed by atoms with van der Waals surface area (Å²) in [5.41, 5.74) is 1.000. The van der Waals surface area contributed by atoms with E-state index in [1.807, 2.05) is 0 Å². The fraction of sp³-hybridized carbons (Fsp3) is 0.250. The molecule has 0 atom stereocenters. The molecular weight excluding hydrogens is 400 g/mol. The molecule has 0 saturated carbocycles. The highest BCUT2D eigenvalue weighted by Gasteiger charge is 2.21. The van der Waals surface area contributed by atoms with Crippen molar-refractivity contribution in [1.29, 1.82) is 0 Å². The summed E-state index contributed by atoms with van der Waals surface area (Å²) in [6, 6.07) is 5.86. The van der Waals surface area contributed by atoms with Gasteiger partial charge in [-0.2, -0.15) is 0 Å². The van der Waals surface area contributed by atoms with Crippen LogP contribution < -0.4 is 5.32 Å². The lowest BCUT2D eigenvalue weighted by atomic mass is 10.3.